The lowest BCUT2D eigenvalue weighted by molar-refractivity contribution is -0.0683. The summed E-state index contributed by atoms with van der Waals surface area (Å²) in [5.41, 5.74) is 1.69. The van der Waals surface area contributed by atoms with Crippen molar-refractivity contribution in [2.75, 3.05) is 19.7 Å². The van der Waals surface area contributed by atoms with Gasteiger partial charge < -0.3 is 10.1 Å². The Morgan fingerprint density at radius 3 is 3.04 bits per heavy atom. The third-order valence-corrected chi connectivity index (χ3v) is 6.21. The number of nitrogens with zero attached hydrogens (tertiary/aromatic N) is 2. The van der Waals surface area contributed by atoms with Crippen molar-refractivity contribution in [2.24, 2.45) is 5.92 Å². The van der Waals surface area contributed by atoms with Gasteiger partial charge in [0.05, 0.1) is 27.9 Å². The average Bonchev–Trinajstić information content (AvgIpc) is 3.14. The molecular weight excluding hydrogens is 334 g/mol. The van der Waals surface area contributed by atoms with Gasteiger partial charge in [-0.15, -0.1) is 11.3 Å². The maximum absolute atomic E-state index is 12.7. The van der Waals surface area contributed by atoms with Crippen LogP contribution in [0.1, 0.15) is 35.6 Å². The topological polar surface area (TPSA) is 54.5 Å². The number of carbonyl (C=O) groups excluding carboxylic acids is 1. The predicted octanol–water partition coefficient (Wildman–Crippen LogP) is 2.83. The van der Waals surface area contributed by atoms with Crippen LogP contribution in [-0.4, -0.2) is 53.7 Å². The fraction of sp³-hybridized carbons (Fsp3) is 0.579. The van der Waals surface area contributed by atoms with E-state index in [1.807, 2.05) is 25.1 Å². The van der Waals surface area contributed by atoms with Crippen LogP contribution < -0.4 is 5.32 Å². The maximum Gasteiger partial charge on any atom is 0.251 e. The lowest BCUT2D eigenvalue weighted by Gasteiger charge is -2.36. The number of benzene rings is 1. The fourth-order valence-electron chi connectivity index (χ4n) is 3.86. The first-order valence-corrected chi connectivity index (χ1v) is 9.85. The molecule has 2 fully saturated rings. The van der Waals surface area contributed by atoms with E-state index in [9.17, 15) is 4.79 Å². The van der Waals surface area contributed by atoms with Crippen molar-refractivity contribution in [3.05, 3.63) is 28.8 Å². The number of aromatic nitrogens is 1. The van der Waals surface area contributed by atoms with Crippen LogP contribution in [0.25, 0.3) is 10.2 Å². The van der Waals surface area contributed by atoms with Crippen molar-refractivity contribution in [3.8, 4) is 0 Å². The molecular formula is C19H25N3O2S. The van der Waals surface area contributed by atoms with Gasteiger partial charge in [-0.1, -0.05) is 13.8 Å². The van der Waals surface area contributed by atoms with E-state index in [4.69, 9.17) is 4.74 Å². The summed E-state index contributed by atoms with van der Waals surface area (Å²) in [5, 5.41) is 4.24. The highest BCUT2D eigenvalue weighted by Crippen LogP contribution is 2.26. The molecule has 2 aliphatic heterocycles. The third kappa shape index (κ3) is 3.43. The molecule has 0 spiro atoms. The second-order valence-corrected chi connectivity index (χ2v) is 8.78. The van der Waals surface area contributed by atoms with E-state index in [2.05, 4.69) is 29.0 Å². The number of thiazole rings is 1. The largest absolute Gasteiger partial charge is 0.375 e. The Kier molecular flexibility index (Phi) is 4.52. The van der Waals surface area contributed by atoms with E-state index in [1.54, 1.807) is 11.3 Å². The van der Waals surface area contributed by atoms with Crippen molar-refractivity contribution in [1.82, 2.24) is 15.2 Å². The van der Waals surface area contributed by atoms with Crippen molar-refractivity contribution >= 4 is 27.5 Å². The molecule has 2 saturated heterocycles. The Hall–Kier alpha value is -1.50. The molecule has 6 heteroatoms. The lowest BCUT2D eigenvalue weighted by atomic mass is 10.0. The molecule has 0 unspecified atom stereocenters. The first kappa shape index (κ1) is 16.9. The van der Waals surface area contributed by atoms with Gasteiger partial charge in [0.2, 0.25) is 0 Å². The molecule has 1 N–H and O–H groups in total. The second kappa shape index (κ2) is 6.67. The number of aryl methyl sites for hydroxylation is 1. The molecule has 3 atom stereocenters. The molecule has 0 saturated carbocycles. The highest BCUT2D eigenvalue weighted by Gasteiger charge is 2.38. The number of hydrogen-bond acceptors (Lipinski definition) is 5. The smallest absolute Gasteiger partial charge is 0.251 e. The zero-order valence-corrected chi connectivity index (χ0v) is 15.8. The van der Waals surface area contributed by atoms with Gasteiger partial charge in [-0.3, -0.25) is 9.69 Å². The van der Waals surface area contributed by atoms with Gasteiger partial charge in [-0.2, -0.15) is 0 Å². The summed E-state index contributed by atoms with van der Waals surface area (Å²) in [4.78, 5) is 19.6. The van der Waals surface area contributed by atoms with E-state index in [-0.39, 0.29) is 11.9 Å². The molecule has 134 valence electrons. The van der Waals surface area contributed by atoms with Gasteiger partial charge >= 0.3 is 0 Å². The van der Waals surface area contributed by atoms with Gasteiger partial charge in [-0.25, -0.2) is 4.98 Å². The summed E-state index contributed by atoms with van der Waals surface area (Å²) in [7, 11) is 0. The van der Waals surface area contributed by atoms with Gasteiger partial charge in [0.15, 0.2) is 0 Å². The van der Waals surface area contributed by atoms with Crippen LogP contribution >= 0.6 is 11.3 Å². The van der Waals surface area contributed by atoms with E-state index >= 15 is 0 Å². The van der Waals surface area contributed by atoms with Crippen LogP contribution in [0.4, 0.5) is 0 Å². The van der Waals surface area contributed by atoms with Crippen LogP contribution in [-0.2, 0) is 4.74 Å². The van der Waals surface area contributed by atoms with Gasteiger partial charge in [0.1, 0.15) is 0 Å². The number of amides is 1. The van der Waals surface area contributed by atoms with E-state index in [0.29, 0.717) is 18.1 Å². The molecule has 2 aromatic rings. The molecule has 0 aliphatic carbocycles. The number of fused-ring (bicyclic) bond motifs is 2. The Labute approximate surface area is 152 Å². The van der Waals surface area contributed by atoms with Crippen LogP contribution in [0.2, 0.25) is 0 Å². The molecule has 1 aromatic carbocycles. The highest BCUT2D eigenvalue weighted by molar-refractivity contribution is 7.18. The quantitative estimate of drug-likeness (QED) is 0.916. The predicted molar refractivity (Wildman–Crippen MR) is 100 cm³/mol. The van der Waals surface area contributed by atoms with Crippen LogP contribution in [0.3, 0.4) is 0 Å². The Bertz CT molecular complexity index is 788. The normalized spacial score (nSPS) is 27.0. The highest BCUT2D eigenvalue weighted by atomic mass is 32.1. The maximum atomic E-state index is 12.7. The first-order chi connectivity index (χ1) is 12.0. The summed E-state index contributed by atoms with van der Waals surface area (Å²) < 4.78 is 7.05. The number of hydrogen-bond donors (Lipinski definition) is 1. The van der Waals surface area contributed by atoms with Crippen molar-refractivity contribution in [2.45, 2.75) is 45.4 Å². The number of morpholine rings is 1. The number of nitrogens with one attached hydrogen (secondary N) is 1. The zero-order chi connectivity index (χ0) is 17.6. The fourth-order valence-corrected chi connectivity index (χ4v) is 4.72. The minimum atomic E-state index is 0.0131. The number of ether oxygens (including phenoxy) is 1. The van der Waals surface area contributed by atoms with E-state index in [0.717, 1.165) is 46.9 Å². The Balaban J connectivity index is 1.41. The SMILES string of the molecule is Cc1nc2ccc(C(=O)N[C@H]3C[C@H]4CO[C@H](C(C)C)CN4C3)cc2s1. The monoisotopic (exact) mass is 359 g/mol. The minimum absolute atomic E-state index is 0.0131. The molecule has 5 nitrogen and oxygen atoms in total. The van der Waals surface area contributed by atoms with Gasteiger partial charge in [0.25, 0.3) is 5.91 Å². The standard InChI is InChI=1S/C19H25N3O2S/c1-11(2)17-9-22-8-14(7-15(22)10-24-17)21-19(23)13-4-5-16-18(6-13)25-12(3)20-16/h4-6,11,14-15,17H,7-10H2,1-3H3,(H,21,23)/t14-,15-,17-/m0/s1. The molecule has 25 heavy (non-hydrogen) atoms. The van der Waals surface area contributed by atoms with Gasteiger partial charge in [0, 0.05) is 30.7 Å². The molecule has 0 bridgehead atoms. The molecule has 0 radical (unpaired) electrons. The average molecular weight is 359 g/mol. The third-order valence-electron chi connectivity index (χ3n) is 5.28. The summed E-state index contributed by atoms with van der Waals surface area (Å²) in [5.74, 6) is 0.545. The molecule has 1 aromatic heterocycles. The van der Waals surface area contributed by atoms with E-state index in [1.165, 1.54) is 0 Å². The molecule has 3 heterocycles. The van der Waals surface area contributed by atoms with Crippen molar-refractivity contribution in [1.29, 1.82) is 0 Å². The molecule has 2 aliphatic rings. The first-order valence-electron chi connectivity index (χ1n) is 9.03. The Morgan fingerprint density at radius 2 is 2.24 bits per heavy atom. The van der Waals surface area contributed by atoms with Crippen LogP contribution in [0.5, 0.6) is 0 Å². The summed E-state index contributed by atoms with van der Waals surface area (Å²) in [6.07, 6.45) is 1.28. The van der Waals surface area contributed by atoms with Gasteiger partial charge in [-0.05, 0) is 37.5 Å². The van der Waals surface area contributed by atoms with Crippen molar-refractivity contribution in [3.63, 3.8) is 0 Å². The lowest BCUT2D eigenvalue weighted by Crippen LogP contribution is -2.48. The zero-order valence-electron chi connectivity index (χ0n) is 15.0. The van der Waals surface area contributed by atoms with E-state index < -0.39 is 0 Å². The number of carbonyl (C=O) groups is 1. The summed E-state index contributed by atoms with van der Waals surface area (Å²) >= 11 is 1.63. The molecule has 1 amide bonds. The van der Waals surface area contributed by atoms with Crippen LogP contribution in [0, 0.1) is 12.8 Å². The summed E-state index contributed by atoms with van der Waals surface area (Å²) in [6.45, 7) is 9.08. The second-order valence-electron chi connectivity index (χ2n) is 7.55. The van der Waals surface area contributed by atoms with Crippen LogP contribution in [0.15, 0.2) is 18.2 Å². The molecule has 4 rings (SSSR count). The number of rotatable bonds is 3. The minimum Gasteiger partial charge on any atom is -0.375 e. The Morgan fingerprint density at radius 1 is 1.40 bits per heavy atom. The summed E-state index contributed by atoms with van der Waals surface area (Å²) in [6, 6.07) is 6.40. The van der Waals surface area contributed by atoms with Crippen molar-refractivity contribution < 1.29 is 9.53 Å².